The maximum absolute atomic E-state index is 12.0. The Bertz CT molecular complexity index is 615. The first kappa shape index (κ1) is 17.6. The van der Waals surface area contributed by atoms with Crippen LogP contribution in [0.15, 0.2) is 11.3 Å². The Labute approximate surface area is 134 Å². The molecule has 0 aliphatic carbocycles. The molecule has 5 unspecified atom stereocenters. The van der Waals surface area contributed by atoms with Gasteiger partial charge in [-0.15, -0.1) is 0 Å². The molecule has 0 aromatic carbocycles. The summed E-state index contributed by atoms with van der Waals surface area (Å²) in [5.41, 5.74) is 5.42. The number of aliphatic hydroxyl groups excluding tert-OH is 1. The van der Waals surface area contributed by atoms with E-state index in [0.29, 0.717) is 5.57 Å². The van der Waals surface area contributed by atoms with Crippen LogP contribution >= 0.6 is 0 Å². The van der Waals surface area contributed by atoms with Crippen molar-refractivity contribution in [2.45, 2.75) is 31.5 Å². The Morgan fingerprint density at radius 3 is 2.52 bits per heavy atom. The second-order valence-corrected chi connectivity index (χ2v) is 7.20. The van der Waals surface area contributed by atoms with E-state index in [4.69, 9.17) is 10.8 Å². The average Bonchev–Trinajstić information content (AvgIpc) is 2.72. The summed E-state index contributed by atoms with van der Waals surface area (Å²) in [5, 5.41) is 27.6. The highest BCUT2D eigenvalue weighted by molar-refractivity contribution is 7.85. The number of fused-ring (bicyclic) bond motifs is 1. The maximum atomic E-state index is 12.0. The number of aliphatic carboxylic acids is 2. The Morgan fingerprint density at radius 1 is 1.43 bits per heavy atom. The predicted molar refractivity (Wildman–Crippen MR) is 78.6 cm³/mol. The van der Waals surface area contributed by atoms with Gasteiger partial charge in [0.15, 0.2) is 0 Å². The highest BCUT2D eigenvalue weighted by atomic mass is 32.2. The molecule has 2 aliphatic rings. The molecule has 2 rings (SSSR count). The van der Waals surface area contributed by atoms with Gasteiger partial charge in [0.05, 0.1) is 18.1 Å². The third-order valence-corrected chi connectivity index (χ3v) is 5.44. The minimum Gasteiger partial charge on any atom is -0.480 e. The Morgan fingerprint density at radius 2 is 2.04 bits per heavy atom. The molecule has 23 heavy (non-hydrogen) atoms. The van der Waals surface area contributed by atoms with E-state index in [1.807, 2.05) is 0 Å². The molecule has 2 heterocycles. The normalized spacial score (nSPS) is 27.3. The van der Waals surface area contributed by atoms with E-state index in [1.165, 1.54) is 6.92 Å². The topological polar surface area (TPSA) is 158 Å². The number of aliphatic hydroxyl groups is 1. The summed E-state index contributed by atoms with van der Waals surface area (Å²) in [6, 6.07) is -1.75. The van der Waals surface area contributed by atoms with E-state index in [9.17, 15) is 28.8 Å². The molecule has 5 N–H and O–H groups in total. The van der Waals surface area contributed by atoms with Crippen molar-refractivity contribution in [1.82, 2.24) is 4.90 Å². The Balaban J connectivity index is 2.15. The van der Waals surface area contributed by atoms with Crippen molar-refractivity contribution in [3.63, 3.8) is 0 Å². The predicted octanol–water partition coefficient (Wildman–Crippen LogP) is -1.90. The lowest BCUT2D eigenvalue weighted by Gasteiger charge is -2.44. The second-order valence-electron chi connectivity index (χ2n) is 5.70. The van der Waals surface area contributed by atoms with E-state index in [1.54, 1.807) is 0 Å². The highest BCUT2D eigenvalue weighted by Crippen LogP contribution is 2.43. The lowest BCUT2D eigenvalue weighted by Crippen LogP contribution is -2.61. The first-order chi connectivity index (χ1) is 10.6. The van der Waals surface area contributed by atoms with Crippen LogP contribution in [-0.2, 0) is 25.2 Å². The second kappa shape index (κ2) is 6.38. The van der Waals surface area contributed by atoms with Gasteiger partial charge < -0.3 is 26.0 Å². The quantitative estimate of drug-likeness (QED) is 0.389. The van der Waals surface area contributed by atoms with Gasteiger partial charge in [0, 0.05) is 22.3 Å². The molecule has 0 saturated carbocycles. The van der Waals surface area contributed by atoms with E-state index in [-0.39, 0.29) is 23.6 Å². The average molecular weight is 346 g/mol. The van der Waals surface area contributed by atoms with E-state index < -0.39 is 52.8 Å². The molecule has 9 nitrogen and oxygen atoms in total. The lowest BCUT2D eigenvalue weighted by molar-refractivity contribution is -0.161. The Hall–Kier alpha value is -1.78. The summed E-state index contributed by atoms with van der Waals surface area (Å²) in [6.07, 6.45) is -0.694. The third kappa shape index (κ3) is 3.14. The fourth-order valence-electron chi connectivity index (χ4n) is 3.02. The standard InChI is InChI=1S/C13H18N2O7S/c1-5(16)9-8-2-6(3-23(22)4-7(14)12(18)19)10(13(20)21)15(8)11(9)17/h5,7-9,16H,2-4,14H2,1H3,(H,18,19)(H,20,21). The van der Waals surface area contributed by atoms with E-state index >= 15 is 0 Å². The first-order valence-electron chi connectivity index (χ1n) is 6.95. The van der Waals surface area contributed by atoms with Gasteiger partial charge in [-0.1, -0.05) is 0 Å². The zero-order valence-electron chi connectivity index (χ0n) is 12.3. The molecular formula is C13H18N2O7S. The van der Waals surface area contributed by atoms with Crippen molar-refractivity contribution in [2.75, 3.05) is 11.5 Å². The van der Waals surface area contributed by atoms with Gasteiger partial charge in [-0.25, -0.2) is 4.79 Å². The van der Waals surface area contributed by atoms with Crippen LogP contribution in [0.2, 0.25) is 0 Å². The number of carbonyl (C=O) groups excluding carboxylic acids is 1. The van der Waals surface area contributed by atoms with Gasteiger partial charge in [-0.2, -0.15) is 0 Å². The van der Waals surface area contributed by atoms with Crippen LogP contribution in [-0.4, -0.2) is 72.0 Å². The van der Waals surface area contributed by atoms with Crippen LogP contribution < -0.4 is 5.73 Å². The van der Waals surface area contributed by atoms with Crippen LogP contribution in [0.25, 0.3) is 0 Å². The molecule has 1 fully saturated rings. The molecular weight excluding hydrogens is 328 g/mol. The molecule has 1 saturated heterocycles. The number of nitrogens with two attached hydrogens (primary N) is 1. The zero-order valence-corrected chi connectivity index (χ0v) is 13.2. The van der Waals surface area contributed by atoms with Crippen molar-refractivity contribution in [3.05, 3.63) is 11.3 Å². The molecule has 0 radical (unpaired) electrons. The molecule has 0 aromatic rings. The SMILES string of the molecule is CC(O)C1C(=O)N2C(C(=O)O)=C(CS(=O)CC(N)C(=O)O)CC12. The zero-order chi connectivity index (χ0) is 17.5. The van der Waals surface area contributed by atoms with E-state index in [0.717, 1.165) is 4.90 Å². The largest absolute Gasteiger partial charge is 0.480 e. The van der Waals surface area contributed by atoms with Crippen LogP contribution in [0.4, 0.5) is 0 Å². The monoisotopic (exact) mass is 346 g/mol. The third-order valence-electron chi connectivity index (χ3n) is 4.04. The van der Waals surface area contributed by atoms with Crippen molar-refractivity contribution < 1.29 is 33.9 Å². The van der Waals surface area contributed by atoms with Gasteiger partial charge >= 0.3 is 11.9 Å². The molecule has 5 atom stereocenters. The summed E-state index contributed by atoms with van der Waals surface area (Å²) in [6.45, 7) is 1.46. The maximum Gasteiger partial charge on any atom is 0.352 e. The molecule has 0 aromatic heterocycles. The van der Waals surface area contributed by atoms with Crippen molar-refractivity contribution in [1.29, 1.82) is 0 Å². The van der Waals surface area contributed by atoms with Crippen molar-refractivity contribution in [2.24, 2.45) is 11.7 Å². The summed E-state index contributed by atoms with van der Waals surface area (Å²) in [5.74, 6) is -4.19. The minimum absolute atomic E-state index is 0.157. The molecule has 2 aliphatic heterocycles. The number of nitrogens with zero attached hydrogens (tertiary/aromatic N) is 1. The minimum atomic E-state index is -1.66. The van der Waals surface area contributed by atoms with Gasteiger partial charge in [0.25, 0.3) is 0 Å². The highest BCUT2D eigenvalue weighted by Gasteiger charge is 2.56. The van der Waals surface area contributed by atoms with Crippen LogP contribution in [0, 0.1) is 5.92 Å². The van der Waals surface area contributed by atoms with Gasteiger partial charge in [0.1, 0.15) is 11.7 Å². The number of carboxylic acids is 2. The van der Waals surface area contributed by atoms with Crippen LogP contribution in [0.3, 0.4) is 0 Å². The van der Waals surface area contributed by atoms with Crippen LogP contribution in [0.1, 0.15) is 13.3 Å². The summed E-state index contributed by atoms with van der Waals surface area (Å²) >= 11 is 0. The number of hydrogen-bond acceptors (Lipinski definition) is 6. The van der Waals surface area contributed by atoms with Crippen LogP contribution in [0.5, 0.6) is 0 Å². The molecule has 1 amide bonds. The number of amides is 1. The molecule has 128 valence electrons. The number of carboxylic acid groups (broad SMARTS) is 2. The molecule has 0 spiro atoms. The van der Waals surface area contributed by atoms with E-state index in [2.05, 4.69) is 0 Å². The number of hydrogen-bond donors (Lipinski definition) is 4. The van der Waals surface area contributed by atoms with Crippen molar-refractivity contribution in [3.8, 4) is 0 Å². The van der Waals surface area contributed by atoms with Gasteiger partial charge in [-0.05, 0) is 18.9 Å². The fourth-order valence-corrected chi connectivity index (χ4v) is 4.32. The van der Waals surface area contributed by atoms with Gasteiger partial charge in [-0.3, -0.25) is 13.8 Å². The molecule has 0 bridgehead atoms. The summed E-state index contributed by atoms with van der Waals surface area (Å²) in [7, 11) is -1.66. The Kier molecular flexibility index (Phi) is 4.87. The van der Waals surface area contributed by atoms with Gasteiger partial charge in [0.2, 0.25) is 5.91 Å². The van der Waals surface area contributed by atoms with Crippen molar-refractivity contribution >= 4 is 28.6 Å². The smallest absolute Gasteiger partial charge is 0.352 e. The number of β-lactam (4-membered cyclic amide) rings is 1. The summed E-state index contributed by atoms with van der Waals surface area (Å²) in [4.78, 5) is 35.2. The number of rotatable bonds is 7. The number of carbonyl (C=O) groups is 3. The lowest BCUT2D eigenvalue weighted by atomic mass is 9.83. The molecule has 10 heteroatoms. The first-order valence-corrected chi connectivity index (χ1v) is 8.43. The summed E-state index contributed by atoms with van der Waals surface area (Å²) < 4.78 is 12.0. The fraction of sp³-hybridized carbons (Fsp3) is 0.615.